The predicted molar refractivity (Wildman–Crippen MR) is 25.9 cm³/mol. The molecule has 0 aliphatic carbocycles. The molecule has 0 unspecified atom stereocenters. The standard InChI is InChI=1S/C6F5.Zn/c7-2-1-3(8)5(10)6(11)4(2)9;. The van der Waals surface area contributed by atoms with E-state index in [4.69, 9.17) is 0 Å². The number of halogens is 5. The number of benzene rings is 1. The van der Waals surface area contributed by atoms with Crippen molar-refractivity contribution in [3.05, 3.63) is 29.1 Å². The third-order valence-corrected chi connectivity index (χ3v) is 2.60. The average Bonchev–Trinajstić information content (AvgIpc) is 2.08. The Kier molecular flexibility index (Phi) is 2.47. The first-order valence-corrected chi connectivity index (χ1v) is 4.28. The van der Waals surface area contributed by atoms with Gasteiger partial charge in [-0.25, -0.2) is 0 Å². The summed E-state index contributed by atoms with van der Waals surface area (Å²) in [5, 5.41) is 0. The maximum atomic E-state index is 12.4. The van der Waals surface area contributed by atoms with Gasteiger partial charge in [0.05, 0.1) is 0 Å². The van der Waals surface area contributed by atoms with Gasteiger partial charge in [-0.3, -0.25) is 0 Å². The topological polar surface area (TPSA) is 0 Å². The van der Waals surface area contributed by atoms with E-state index in [9.17, 15) is 22.0 Å². The molecule has 61 valence electrons. The normalized spacial score (nSPS) is 10.6. The molecule has 0 saturated carbocycles. The molecule has 0 fully saturated rings. The molecule has 0 heterocycles. The second-order valence-corrected chi connectivity index (χ2v) is 3.53. The third kappa shape index (κ3) is 1.24. The molecule has 1 rings (SSSR count). The SMILES string of the molecule is Fc1c(F)c(F)[c]([Zn])c(F)c1F. The zero-order valence-corrected chi connectivity index (χ0v) is 8.56. The minimum absolute atomic E-state index is 0.119. The molecule has 0 radical (unpaired) electrons. The number of rotatable bonds is 0. The Labute approximate surface area is 74.1 Å². The van der Waals surface area contributed by atoms with Crippen LogP contribution in [0.5, 0.6) is 0 Å². The van der Waals surface area contributed by atoms with Gasteiger partial charge in [0.25, 0.3) is 0 Å². The Bertz CT molecular complexity index is 230. The van der Waals surface area contributed by atoms with Crippen LogP contribution < -0.4 is 4.16 Å². The summed E-state index contributed by atoms with van der Waals surface area (Å²) < 4.78 is 60.9. The Morgan fingerprint density at radius 2 is 0.833 bits per heavy atom. The van der Waals surface area contributed by atoms with Gasteiger partial charge in [0.1, 0.15) is 0 Å². The van der Waals surface area contributed by atoms with E-state index >= 15 is 0 Å². The van der Waals surface area contributed by atoms with Gasteiger partial charge in [-0.05, 0) is 0 Å². The van der Waals surface area contributed by atoms with Crippen LogP contribution in [0, 0.1) is 29.1 Å². The van der Waals surface area contributed by atoms with Gasteiger partial charge < -0.3 is 0 Å². The van der Waals surface area contributed by atoms with E-state index in [0.29, 0.717) is 0 Å². The van der Waals surface area contributed by atoms with Crippen LogP contribution in [0.4, 0.5) is 22.0 Å². The Hall–Kier alpha value is -0.507. The van der Waals surface area contributed by atoms with Crippen LogP contribution in [0.25, 0.3) is 0 Å². The van der Waals surface area contributed by atoms with E-state index in [1.807, 2.05) is 0 Å². The molecular weight excluding hydrogens is 232 g/mol. The Balaban J connectivity index is 3.60. The fourth-order valence-electron chi connectivity index (χ4n) is 0.650. The molecule has 0 amide bonds. The monoisotopic (exact) mass is 231 g/mol. The van der Waals surface area contributed by atoms with Crippen molar-refractivity contribution in [1.29, 1.82) is 0 Å². The van der Waals surface area contributed by atoms with Gasteiger partial charge >= 0.3 is 73.5 Å². The molecule has 1 aromatic rings. The van der Waals surface area contributed by atoms with Crippen molar-refractivity contribution in [2.75, 3.05) is 0 Å². The molecule has 0 aliphatic heterocycles. The minimum atomic E-state index is -2.11. The number of hydrogen-bond acceptors (Lipinski definition) is 0. The molecule has 0 aromatic heterocycles. The molecule has 0 N–H and O–H groups in total. The fraction of sp³-hybridized carbons (Fsp3) is 0. The first kappa shape index (κ1) is 9.58. The van der Waals surface area contributed by atoms with E-state index in [2.05, 4.69) is 0 Å². The molecule has 6 heteroatoms. The molecule has 0 nitrogen and oxygen atoms in total. The van der Waals surface area contributed by atoms with Gasteiger partial charge in [0.15, 0.2) is 0 Å². The van der Waals surface area contributed by atoms with Crippen LogP contribution in [0.15, 0.2) is 0 Å². The third-order valence-electron chi connectivity index (χ3n) is 1.30. The van der Waals surface area contributed by atoms with Crippen molar-refractivity contribution < 1.29 is 40.3 Å². The zero-order chi connectivity index (χ0) is 9.46. The van der Waals surface area contributed by atoms with E-state index in [-0.39, 0.29) is 18.3 Å². The summed E-state index contributed by atoms with van der Waals surface area (Å²) in [6, 6.07) is 0. The average molecular weight is 232 g/mol. The molecule has 0 bridgehead atoms. The first-order chi connectivity index (χ1) is 5.46. The molecule has 0 atom stereocenters. The molecule has 0 aliphatic rings. The fourth-order valence-corrected chi connectivity index (χ4v) is 1.30. The predicted octanol–water partition coefficient (Wildman–Crippen LogP) is 1.55. The second-order valence-electron chi connectivity index (χ2n) is 2.05. The van der Waals surface area contributed by atoms with Crippen molar-refractivity contribution in [2.45, 2.75) is 0 Å². The van der Waals surface area contributed by atoms with Crippen LogP contribution in [0.1, 0.15) is 0 Å². The van der Waals surface area contributed by atoms with Crippen LogP contribution in [-0.2, 0) is 18.3 Å². The Morgan fingerprint density at radius 1 is 0.583 bits per heavy atom. The van der Waals surface area contributed by atoms with Crippen molar-refractivity contribution >= 4 is 4.16 Å². The van der Waals surface area contributed by atoms with E-state index in [0.717, 1.165) is 0 Å². The Morgan fingerprint density at radius 3 is 1.17 bits per heavy atom. The van der Waals surface area contributed by atoms with Crippen molar-refractivity contribution in [3.63, 3.8) is 0 Å². The number of hydrogen-bond donors (Lipinski definition) is 0. The molecule has 0 saturated heterocycles. The van der Waals surface area contributed by atoms with Crippen LogP contribution >= 0.6 is 0 Å². The summed E-state index contributed by atoms with van der Waals surface area (Å²) in [5.74, 6) is -9.33. The van der Waals surface area contributed by atoms with Gasteiger partial charge in [-0.2, -0.15) is 0 Å². The molecule has 0 spiro atoms. The first-order valence-electron chi connectivity index (χ1n) is 2.80. The van der Waals surface area contributed by atoms with E-state index in [1.165, 1.54) is 0 Å². The second kappa shape index (κ2) is 3.09. The summed E-state index contributed by atoms with van der Waals surface area (Å²) in [6.45, 7) is 0. The van der Waals surface area contributed by atoms with E-state index < -0.39 is 33.2 Å². The quantitative estimate of drug-likeness (QED) is 0.276. The zero-order valence-electron chi connectivity index (χ0n) is 5.60. The van der Waals surface area contributed by atoms with Crippen molar-refractivity contribution in [3.8, 4) is 0 Å². The van der Waals surface area contributed by atoms with Gasteiger partial charge in [0.2, 0.25) is 0 Å². The summed E-state index contributed by atoms with van der Waals surface area (Å²) in [5.41, 5.74) is 0. The van der Waals surface area contributed by atoms with Crippen LogP contribution in [0.3, 0.4) is 0 Å². The molecule has 1 aromatic carbocycles. The van der Waals surface area contributed by atoms with Gasteiger partial charge in [0, 0.05) is 0 Å². The van der Waals surface area contributed by atoms with E-state index in [1.54, 1.807) is 0 Å². The van der Waals surface area contributed by atoms with Gasteiger partial charge in [-0.15, -0.1) is 0 Å². The van der Waals surface area contributed by atoms with Crippen LogP contribution in [-0.4, -0.2) is 0 Å². The van der Waals surface area contributed by atoms with Crippen molar-refractivity contribution in [2.24, 2.45) is 0 Å². The van der Waals surface area contributed by atoms with Crippen molar-refractivity contribution in [1.82, 2.24) is 0 Å². The maximum absolute atomic E-state index is 12.4. The summed E-state index contributed by atoms with van der Waals surface area (Å²) >= 11 is -0.119. The van der Waals surface area contributed by atoms with Gasteiger partial charge in [-0.1, -0.05) is 0 Å². The summed E-state index contributed by atoms with van der Waals surface area (Å²) in [6.07, 6.45) is 0. The molecular formula is C6F5Zn. The summed E-state index contributed by atoms with van der Waals surface area (Å²) in [7, 11) is 0. The van der Waals surface area contributed by atoms with Crippen LogP contribution in [0.2, 0.25) is 0 Å². The summed E-state index contributed by atoms with van der Waals surface area (Å²) in [4.78, 5) is 0. The molecule has 12 heavy (non-hydrogen) atoms.